The van der Waals surface area contributed by atoms with Gasteiger partial charge in [-0.3, -0.25) is 4.79 Å². The second kappa shape index (κ2) is 2.40. The lowest BCUT2D eigenvalue weighted by Crippen LogP contribution is -2.42. The van der Waals surface area contributed by atoms with E-state index in [9.17, 15) is 4.79 Å². The van der Waals surface area contributed by atoms with Gasteiger partial charge in [0.05, 0.1) is 0 Å². The molecular weight excluding hydrogens is 154 g/mol. The van der Waals surface area contributed by atoms with Gasteiger partial charge >= 0.3 is 5.97 Å². The lowest BCUT2D eigenvalue weighted by molar-refractivity contribution is -0.146. The van der Waals surface area contributed by atoms with E-state index < -0.39 is 11.5 Å². The fourth-order valence-electron chi connectivity index (χ4n) is 1.14. The number of hydrogen-bond donors (Lipinski definition) is 1. The third-order valence-corrected chi connectivity index (χ3v) is 2.56. The van der Waals surface area contributed by atoms with E-state index in [-0.39, 0.29) is 0 Å². The SMILES string of the molecule is C[C@@]1(C(=O)O)CCCN1Cl. The van der Waals surface area contributed by atoms with Crippen LogP contribution in [0.25, 0.3) is 0 Å². The molecule has 0 spiro atoms. The fourth-order valence-corrected chi connectivity index (χ4v) is 1.42. The number of rotatable bonds is 1. The van der Waals surface area contributed by atoms with E-state index in [2.05, 4.69) is 0 Å². The van der Waals surface area contributed by atoms with Gasteiger partial charge in [-0.1, -0.05) is 0 Å². The molecule has 1 heterocycles. The molecule has 4 heteroatoms. The highest BCUT2D eigenvalue weighted by atomic mass is 35.5. The largest absolute Gasteiger partial charge is 0.480 e. The molecule has 0 unspecified atom stereocenters. The van der Waals surface area contributed by atoms with E-state index in [1.165, 1.54) is 4.42 Å². The predicted octanol–water partition coefficient (Wildman–Crippen LogP) is 1.08. The second-order valence-corrected chi connectivity index (χ2v) is 3.18. The van der Waals surface area contributed by atoms with Crippen LogP contribution in [-0.4, -0.2) is 27.6 Å². The summed E-state index contributed by atoms with van der Waals surface area (Å²) in [5.41, 5.74) is -0.832. The van der Waals surface area contributed by atoms with Gasteiger partial charge in [-0.05, 0) is 31.5 Å². The Morgan fingerprint density at radius 2 is 2.40 bits per heavy atom. The molecule has 0 aromatic carbocycles. The summed E-state index contributed by atoms with van der Waals surface area (Å²) in [6, 6.07) is 0. The zero-order chi connectivity index (χ0) is 7.78. The van der Waals surface area contributed by atoms with E-state index in [1.54, 1.807) is 6.92 Å². The molecule has 0 aromatic rings. The lowest BCUT2D eigenvalue weighted by atomic mass is 10.0. The Hall–Kier alpha value is -0.280. The van der Waals surface area contributed by atoms with E-state index in [0.717, 1.165) is 6.42 Å². The van der Waals surface area contributed by atoms with Crippen molar-refractivity contribution in [3.63, 3.8) is 0 Å². The molecule has 1 fully saturated rings. The summed E-state index contributed by atoms with van der Waals surface area (Å²) in [6.07, 6.45) is 1.51. The number of nitrogens with zero attached hydrogens (tertiary/aromatic N) is 1. The second-order valence-electron chi connectivity index (χ2n) is 2.77. The Morgan fingerprint density at radius 3 is 2.60 bits per heavy atom. The highest BCUT2D eigenvalue weighted by Gasteiger charge is 2.42. The highest BCUT2D eigenvalue weighted by Crippen LogP contribution is 2.30. The quantitative estimate of drug-likeness (QED) is 0.588. The van der Waals surface area contributed by atoms with Gasteiger partial charge in [0.2, 0.25) is 0 Å². The summed E-state index contributed by atoms with van der Waals surface area (Å²) >= 11 is 5.67. The molecule has 1 aliphatic rings. The molecule has 0 radical (unpaired) electrons. The first-order chi connectivity index (χ1) is 4.57. The van der Waals surface area contributed by atoms with Crippen LogP contribution >= 0.6 is 11.8 Å². The minimum atomic E-state index is -0.833. The minimum absolute atomic E-state index is 0.645. The standard InChI is InChI=1S/C6H10ClNO2/c1-6(5(9)10)3-2-4-8(6)7/h2-4H2,1H3,(H,9,10)/t6-/m0/s1. The Bertz CT molecular complexity index is 162. The summed E-state index contributed by atoms with van der Waals surface area (Å²) in [6.45, 7) is 2.32. The van der Waals surface area contributed by atoms with Gasteiger partial charge in [0.1, 0.15) is 5.54 Å². The number of carbonyl (C=O) groups is 1. The van der Waals surface area contributed by atoms with Gasteiger partial charge in [0, 0.05) is 6.54 Å². The summed E-state index contributed by atoms with van der Waals surface area (Å²) in [5.74, 6) is -0.833. The van der Waals surface area contributed by atoms with Crippen molar-refractivity contribution in [2.75, 3.05) is 6.54 Å². The van der Waals surface area contributed by atoms with Crippen LogP contribution in [-0.2, 0) is 4.79 Å². The highest BCUT2D eigenvalue weighted by molar-refractivity contribution is 6.15. The first kappa shape index (κ1) is 7.82. The van der Waals surface area contributed by atoms with Crippen molar-refractivity contribution < 1.29 is 9.90 Å². The molecule has 0 aliphatic carbocycles. The van der Waals surface area contributed by atoms with Crippen LogP contribution in [0.15, 0.2) is 0 Å². The van der Waals surface area contributed by atoms with Gasteiger partial charge in [0.15, 0.2) is 0 Å². The van der Waals surface area contributed by atoms with E-state index >= 15 is 0 Å². The molecular formula is C6H10ClNO2. The molecule has 1 rings (SSSR count). The van der Waals surface area contributed by atoms with Crippen LogP contribution in [0, 0.1) is 0 Å². The summed E-state index contributed by atoms with van der Waals surface area (Å²) in [5, 5.41) is 8.72. The maximum atomic E-state index is 10.6. The molecule has 1 atom stereocenters. The Balaban J connectivity index is 2.75. The summed E-state index contributed by atoms with van der Waals surface area (Å²) in [4.78, 5) is 10.6. The smallest absolute Gasteiger partial charge is 0.325 e. The molecule has 0 bridgehead atoms. The minimum Gasteiger partial charge on any atom is -0.480 e. The number of hydrogen-bond acceptors (Lipinski definition) is 2. The maximum Gasteiger partial charge on any atom is 0.325 e. The summed E-state index contributed by atoms with van der Waals surface area (Å²) in [7, 11) is 0. The molecule has 58 valence electrons. The Labute approximate surface area is 64.7 Å². The zero-order valence-corrected chi connectivity index (χ0v) is 6.56. The topological polar surface area (TPSA) is 40.5 Å². The van der Waals surface area contributed by atoms with Crippen molar-refractivity contribution in [1.82, 2.24) is 4.42 Å². The Kier molecular flexibility index (Phi) is 1.88. The van der Waals surface area contributed by atoms with Gasteiger partial charge in [-0.15, -0.1) is 0 Å². The van der Waals surface area contributed by atoms with Crippen molar-refractivity contribution in [2.45, 2.75) is 25.3 Å². The lowest BCUT2D eigenvalue weighted by Gasteiger charge is -2.23. The van der Waals surface area contributed by atoms with Gasteiger partial charge < -0.3 is 5.11 Å². The molecule has 0 saturated carbocycles. The zero-order valence-electron chi connectivity index (χ0n) is 5.80. The van der Waals surface area contributed by atoms with Crippen LogP contribution < -0.4 is 0 Å². The summed E-state index contributed by atoms with van der Waals surface area (Å²) < 4.78 is 1.37. The first-order valence-corrected chi connectivity index (χ1v) is 3.58. The number of carboxylic acid groups (broad SMARTS) is 1. The van der Waals surface area contributed by atoms with E-state index in [1.807, 2.05) is 0 Å². The van der Waals surface area contributed by atoms with Crippen LogP contribution in [0.1, 0.15) is 19.8 Å². The van der Waals surface area contributed by atoms with Crippen molar-refractivity contribution >= 4 is 17.7 Å². The van der Waals surface area contributed by atoms with Crippen molar-refractivity contribution in [3.05, 3.63) is 0 Å². The van der Waals surface area contributed by atoms with Crippen LogP contribution in [0.2, 0.25) is 0 Å². The van der Waals surface area contributed by atoms with E-state index in [0.29, 0.717) is 13.0 Å². The number of carboxylic acids is 1. The van der Waals surface area contributed by atoms with Crippen LogP contribution in [0.3, 0.4) is 0 Å². The number of halogens is 1. The van der Waals surface area contributed by atoms with Crippen molar-refractivity contribution in [2.24, 2.45) is 0 Å². The third-order valence-electron chi connectivity index (χ3n) is 2.01. The molecule has 1 aliphatic heterocycles. The monoisotopic (exact) mass is 163 g/mol. The van der Waals surface area contributed by atoms with E-state index in [4.69, 9.17) is 16.9 Å². The molecule has 3 nitrogen and oxygen atoms in total. The molecule has 1 N–H and O–H groups in total. The normalized spacial score (nSPS) is 34.6. The fraction of sp³-hybridized carbons (Fsp3) is 0.833. The molecule has 10 heavy (non-hydrogen) atoms. The predicted molar refractivity (Wildman–Crippen MR) is 37.8 cm³/mol. The molecule has 0 amide bonds. The Morgan fingerprint density at radius 1 is 1.80 bits per heavy atom. The third kappa shape index (κ3) is 0.995. The molecule has 1 saturated heterocycles. The van der Waals surface area contributed by atoms with Gasteiger partial charge in [-0.25, -0.2) is 4.42 Å². The molecule has 0 aromatic heterocycles. The first-order valence-electron chi connectivity index (χ1n) is 3.24. The number of aliphatic carboxylic acids is 1. The van der Waals surface area contributed by atoms with Gasteiger partial charge in [0.25, 0.3) is 0 Å². The average molecular weight is 164 g/mol. The maximum absolute atomic E-state index is 10.6. The van der Waals surface area contributed by atoms with Crippen molar-refractivity contribution in [3.8, 4) is 0 Å². The van der Waals surface area contributed by atoms with Gasteiger partial charge in [-0.2, -0.15) is 0 Å². The van der Waals surface area contributed by atoms with Crippen molar-refractivity contribution in [1.29, 1.82) is 0 Å². The van der Waals surface area contributed by atoms with Crippen LogP contribution in [0.5, 0.6) is 0 Å². The average Bonchev–Trinajstić information content (AvgIpc) is 2.15. The van der Waals surface area contributed by atoms with Crippen LogP contribution in [0.4, 0.5) is 0 Å².